The fourth-order valence-corrected chi connectivity index (χ4v) is 3.03. The van der Waals surface area contributed by atoms with E-state index < -0.39 is 0 Å². The van der Waals surface area contributed by atoms with E-state index >= 15 is 0 Å². The Bertz CT molecular complexity index is 589. The second-order valence-corrected chi connectivity index (χ2v) is 5.61. The van der Waals surface area contributed by atoms with Crippen molar-refractivity contribution >= 4 is 28.2 Å². The predicted octanol–water partition coefficient (Wildman–Crippen LogP) is 4.44. The molecule has 1 aromatic heterocycles. The van der Waals surface area contributed by atoms with Crippen LogP contribution < -0.4 is 4.90 Å². The second kappa shape index (κ2) is 5.38. The number of pyridine rings is 1. The molecule has 0 spiro atoms. The molecule has 0 bridgehead atoms. The Kier molecular flexibility index (Phi) is 3.61. The molecule has 1 fully saturated rings. The molecular formula is C16H19ClN2. The lowest BCUT2D eigenvalue weighted by Crippen LogP contribution is -2.29. The molecule has 1 aromatic carbocycles. The van der Waals surface area contributed by atoms with Crippen molar-refractivity contribution in [3.8, 4) is 0 Å². The van der Waals surface area contributed by atoms with E-state index in [4.69, 9.17) is 11.6 Å². The summed E-state index contributed by atoms with van der Waals surface area (Å²) in [5.74, 6) is 0. The number of piperidine rings is 1. The number of benzene rings is 1. The average Bonchev–Trinajstić information content (AvgIpc) is 2.47. The molecule has 2 nitrogen and oxygen atoms in total. The molecule has 0 amide bonds. The summed E-state index contributed by atoms with van der Waals surface area (Å²) in [4.78, 5) is 7.09. The number of aromatic nitrogens is 1. The van der Waals surface area contributed by atoms with Crippen LogP contribution in [0.4, 0.5) is 5.69 Å². The highest BCUT2D eigenvalue weighted by Crippen LogP contribution is 2.29. The standard InChI is InChI=1S/C16H19ClN2/c1-2-12-10-15(17)14-11-13(6-7-16(14)18-12)19-8-4-3-5-9-19/h6-7,10-11H,2-5,8-9H2,1H3. The molecule has 100 valence electrons. The van der Waals surface area contributed by atoms with E-state index in [1.807, 2.05) is 6.07 Å². The van der Waals surface area contributed by atoms with Crippen LogP contribution in [0, 0.1) is 0 Å². The van der Waals surface area contributed by atoms with E-state index in [9.17, 15) is 0 Å². The first kappa shape index (κ1) is 12.7. The molecular weight excluding hydrogens is 256 g/mol. The number of fused-ring (bicyclic) bond motifs is 1. The molecule has 0 saturated carbocycles. The number of aryl methyl sites for hydroxylation is 1. The lowest BCUT2D eigenvalue weighted by Gasteiger charge is -2.29. The molecule has 1 aliphatic rings. The van der Waals surface area contributed by atoms with Gasteiger partial charge in [0.15, 0.2) is 0 Å². The molecule has 0 unspecified atom stereocenters. The van der Waals surface area contributed by atoms with Gasteiger partial charge in [-0.25, -0.2) is 0 Å². The van der Waals surface area contributed by atoms with Crippen LogP contribution in [0.2, 0.25) is 5.02 Å². The number of halogens is 1. The monoisotopic (exact) mass is 274 g/mol. The van der Waals surface area contributed by atoms with Gasteiger partial charge in [0.2, 0.25) is 0 Å². The van der Waals surface area contributed by atoms with Crippen molar-refractivity contribution in [3.63, 3.8) is 0 Å². The highest BCUT2D eigenvalue weighted by atomic mass is 35.5. The van der Waals surface area contributed by atoms with Crippen molar-refractivity contribution in [1.29, 1.82) is 0 Å². The van der Waals surface area contributed by atoms with E-state index in [0.717, 1.165) is 41.1 Å². The first-order valence-corrected chi connectivity index (χ1v) is 7.50. The van der Waals surface area contributed by atoms with Crippen LogP contribution in [0.5, 0.6) is 0 Å². The van der Waals surface area contributed by atoms with E-state index in [1.165, 1.54) is 24.9 Å². The molecule has 1 aliphatic heterocycles. The van der Waals surface area contributed by atoms with Crippen LogP contribution in [0.3, 0.4) is 0 Å². The molecule has 2 aromatic rings. The third kappa shape index (κ3) is 2.55. The minimum Gasteiger partial charge on any atom is -0.372 e. The molecule has 2 heterocycles. The van der Waals surface area contributed by atoms with Gasteiger partial charge >= 0.3 is 0 Å². The zero-order valence-corrected chi connectivity index (χ0v) is 12.1. The van der Waals surface area contributed by atoms with Crippen molar-refractivity contribution in [3.05, 3.63) is 35.0 Å². The fraction of sp³-hybridized carbons (Fsp3) is 0.438. The summed E-state index contributed by atoms with van der Waals surface area (Å²) in [6.45, 7) is 4.42. The topological polar surface area (TPSA) is 16.1 Å². The Morgan fingerprint density at radius 3 is 2.68 bits per heavy atom. The molecule has 0 N–H and O–H groups in total. The van der Waals surface area contributed by atoms with Gasteiger partial charge in [-0.3, -0.25) is 4.98 Å². The maximum atomic E-state index is 6.39. The van der Waals surface area contributed by atoms with E-state index in [2.05, 4.69) is 35.0 Å². The summed E-state index contributed by atoms with van der Waals surface area (Å²) in [6, 6.07) is 8.46. The second-order valence-electron chi connectivity index (χ2n) is 5.20. The quantitative estimate of drug-likeness (QED) is 0.805. The van der Waals surface area contributed by atoms with Crippen molar-refractivity contribution in [1.82, 2.24) is 4.98 Å². The Morgan fingerprint density at radius 1 is 1.16 bits per heavy atom. The summed E-state index contributed by atoms with van der Waals surface area (Å²) in [6.07, 6.45) is 4.85. The molecule has 0 aliphatic carbocycles. The number of rotatable bonds is 2. The van der Waals surface area contributed by atoms with Gasteiger partial charge in [-0.15, -0.1) is 0 Å². The van der Waals surface area contributed by atoms with Crippen LogP contribution in [-0.4, -0.2) is 18.1 Å². The maximum absolute atomic E-state index is 6.39. The highest BCUT2D eigenvalue weighted by molar-refractivity contribution is 6.35. The summed E-state index contributed by atoms with van der Waals surface area (Å²) in [7, 11) is 0. The van der Waals surface area contributed by atoms with E-state index in [0.29, 0.717) is 0 Å². The minimum absolute atomic E-state index is 0.820. The number of nitrogens with zero attached hydrogens (tertiary/aromatic N) is 2. The Labute approximate surface area is 119 Å². The van der Waals surface area contributed by atoms with Gasteiger partial charge in [-0.05, 0) is 49.9 Å². The Morgan fingerprint density at radius 2 is 1.95 bits per heavy atom. The van der Waals surface area contributed by atoms with Crippen LogP contribution in [0.25, 0.3) is 10.9 Å². The minimum atomic E-state index is 0.820. The van der Waals surface area contributed by atoms with Gasteiger partial charge in [-0.1, -0.05) is 18.5 Å². The van der Waals surface area contributed by atoms with E-state index in [-0.39, 0.29) is 0 Å². The van der Waals surface area contributed by atoms with Crippen LogP contribution >= 0.6 is 11.6 Å². The molecule has 19 heavy (non-hydrogen) atoms. The largest absolute Gasteiger partial charge is 0.372 e. The molecule has 0 radical (unpaired) electrons. The summed E-state index contributed by atoms with van der Waals surface area (Å²) >= 11 is 6.39. The first-order valence-electron chi connectivity index (χ1n) is 7.12. The zero-order valence-electron chi connectivity index (χ0n) is 11.3. The van der Waals surface area contributed by atoms with Gasteiger partial charge in [0.05, 0.1) is 10.5 Å². The molecule has 3 rings (SSSR count). The lowest BCUT2D eigenvalue weighted by molar-refractivity contribution is 0.578. The SMILES string of the molecule is CCc1cc(Cl)c2cc(N3CCCCC3)ccc2n1. The van der Waals surface area contributed by atoms with Crippen molar-refractivity contribution in [2.75, 3.05) is 18.0 Å². The van der Waals surface area contributed by atoms with E-state index in [1.54, 1.807) is 0 Å². The van der Waals surface area contributed by atoms with Gasteiger partial charge < -0.3 is 4.90 Å². The van der Waals surface area contributed by atoms with Crippen molar-refractivity contribution in [2.24, 2.45) is 0 Å². The average molecular weight is 275 g/mol. The van der Waals surface area contributed by atoms with Gasteiger partial charge in [0.25, 0.3) is 0 Å². The maximum Gasteiger partial charge on any atom is 0.0721 e. The van der Waals surface area contributed by atoms with Gasteiger partial charge in [0, 0.05) is 29.9 Å². The predicted molar refractivity (Wildman–Crippen MR) is 82.2 cm³/mol. The summed E-state index contributed by atoms with van der Waals surface area (Å²) < 4.78 is 0. The van der Waals surface area contributed by atoms with Crippen LogP contribution in [0.15, 0.2) is 24.3 Å². The lowest BCUT2D eigenvalue weighted by atomic mass is 10.1. The molecule has 0 atom stereocenters. The molecule has 1 saturated heterocycles. The Balaban J connectivity index is 2.02. The van der Waals surface area contributed by atoms with Gasteiger partial charge in [-0.2, -0.15) is 0 Å². The van der Waals surface area contributed by atoms with Crippen molar-refractivity contribution in [2.45, 2.75) is 32.6 Å². The summed E-state index contributed by atoms with van der Waals surface area (Å²) in [5.41, 5.74) is 3.34. The number of hydrogen-bond donors (Lipinski definition) is 0. The number of hydrogen-bond acceptors (Lipinski definition) is 2. The highest BCUT2D eigenvalue weighted by Gasteiger charge is 2.12. The Hall–Kier alpha value is -1.28. The third-order valence-electron chi connectivity index (χ3n) is 3.88. The first-order chi connectivity index (χ1) is 9.28. The van der Waals surface area contributed by atoms with Crippen LogP contribution in [-0.2, 0) is 6.42 Å². The number of anilines is 1. The third-order valence-corrected chi connectivity index (χ3v) is 4.19. The fourth-order valence-electron chi connectivity index (χ4n) is 2.75. The van der Waals surface area contributed by atoms with Gasteiger partial charge in [0.1, 0.15) is 0 Å². The summed E-state index contributed by atoms with van der Waals surface area (Å²) in [5, 5.41) is 1.89. The van der Waals surface area contributed by atoms with Crippen molar-refractivity contribution < 1.29 is 0 Å². The smallest absolute Gasteiger partial charge is 0.0721 e. The van der Waals surface area contributed by atoms with Crippen LogP contribution in [0.1, 0.15) is 31.9 Å². The molecule has 3 heteroatoms. The zero-order chi connectivity index (χ0) is 13.2. The normalized spacial score (nSPS) is 16.0.